The van der Waals surface area contributed by atoms with Gasteiger partial charge in [0.15, 0.2) is 0 Å². The molecule has 0 saturated carbocycles. The molecule has 0 heterocycles. The van der Waals surface area contributed by atoms with E-state index in [1.165, 1.54) is 6.92 Å². The number of amides is 3. The van der Waals surface area contributed by atoms with Gasteiger partial charge < -0.3 is 25.8 Å². The molecular weight excluding hydrogens is 318 g/mol. The molecule has 1 rings (SSSR count). The van der Waals surface area contributed by atoms with Crippen molar-refractivity contribution < 1.29 is 29.0 Å². The lowest BCUT2D eigenvalue weighted by atomic mass is 10.3. The zero-order valence-electron chi connectivity index (χ0n) is 13.1. The summed E-state index contributed by atoms with van der Waals surface area (Å²) in [5.41, 5.74) is 0. The number of nitrogens with one attached hydrogen (secondary N) is 3. The Morgan fingerprint density at radius 1 is 1.08 bits per heavy atom. The minimum atomic E-state index is -1.17. The molecule has 0 saturated heterocycles. The molecule has 0 spiro atoms. The van der Waals surface area contributed by atoms with E-state index in [0.29, 0.717) is 5.75 Å². The zero-order valence-corrected chi connectivity index (χ0v) is 13.1. The van der Waals surface area contributed by atoms with Crippen LogP contribution in [0, 0.1) is 0 Å². The monoisotopic (exact) mass is 337 g/mol. The maximum Gasteiger partial charge on any atom is 0.412 e. The van der Waals surface area contributed by atoms with Crippen LogP contribution in [0.4, 0.5) is 4.79 Å². The van der Waals surface area contributed by atoms with E-state index in [1.807, 2.05) is 0 Å². The van der Waals surface area contributed by atoms with Gasteiger partial charge in [-0.25, -0.2) is 4.79 Å². The maximum absolute atomic E-state index is 11.5. The summed E-state index contributed by atoms with van der Waals surface area (Å²) >= 11 is 0. The average Bonchev–Trinajstić information content (AvgIpc) is 2.53. The molecule has 0 aliphatic carbocycles. The van der Waals surface area contributed by atoms with E-state index >= 15 is 0 Å². The average molecular weight is 337 g/mol. The summed E-state index contributed by atoms with van der Waals surface area (Å²) in [6.45, 7) is 1.000. The molecule has 1 aromatic carbocycles. The highest BCUT2D eigenvalue weighted by molar-refractivity contribution is 5.87. The summed E-state index contributed by atoms with van der Waals surface area (Å²) in [7, 11) is 0. The van der Waals surface area contributed by atoms with Crippen LogP contribution in [0.3, 0.4) is 0 Å². The second kappa shape index (κ2) is 9.82. The Kier molecular flexibility index (Phi) is 7.76. The van der Waals surface area contributed by atoms with Gasteiger partial charge in [0.2, 0.25) is 11.8 Å². The summed E-state index contributed by atoms with van der Waals surface area (Å²) in [6, 6.07) is 7.40. The van der Waals surface area contributed by atoms with Crippen LogP contribution in [-0.4, -0.2) is 48.1 Å². The third-order valence-corrected chi connectivity index (χ3v) is 2.77. The molecule has 1 atom stereocenters. The van der Waals surface area contributed by atoms with Gasteiger partial charge in [0.1, 0.15) is 11.8 Å². The first kappa shape index (κ1) is 18.9. The molecule has 130 valence electrons. The SMILES string of the molecule is C[C@@H](NC(=O)CNC(=O)CCNC(=O)Oc1ccccc1)C(=O)O. The van der Waals surface area contributed by atoms with Gasteiger partial charge in [-0.3, -0.25) is 14.4 Å². The van der Waals surface area contributed by atoms with Crippen molar-refractivity contribution in [3.63, 3.8) is 0 Å². The van der Waals surface area contributed by atoms with Crippen molar-refractivity contribution in [2.24, 2.45) is 0 Å². The molecule has 0 unspecified atom stereocenters. The molecular formula is C15H19N3O6. The fourth-order valence-corrected chi connectivity index (χ4v) is 1.53. The summed E-state index contributed by atoms with van der Waals surface area (Å²) < 4.78 is 4.96. The van der Waals surface area contributed by atoms with Crippen molar-refractivity contribution >= 4 is 23.9 Å². The molecule has 0 fully saturated rings. The van der Waals surface area contributed by atoms with E-state index in [4.69, 9.17) is 9.84 Å². The summed E-state index contributed by atoms with van der Waals surface area (Å²) in [5, 5.41) is 15.5. The Hall–Kier alpha value is -3.10. The number of para-hydroxylation sites is 1. The number of carboxylic acid groups (broad SMARTS) is 1. The quantitative estimate of drug-likeness (QED) is 0.522. The van der Waals surface area contributed by atoms with Crippen LogP contribution in [0.25, 0.3) is 0 Å². The Morgan fingerprint density at radius 3 is 2.38 bits per heavy atom. The molecule has 4 N–H and O–H groups in total. The van der Waals surface area contributed by atoms with Crippen LogP contribution in [-0.2, 0) is 14.4 Å². The fourth-order valence-electron chi connectivity index (χ4n) is 1.53. The Morgan fingerprint density at radius 2 is 1.75 bits per heavy atom. The third kappa shape index (κ3) is 7.78. The third-order valence-electron chi connectivity index (χ3n) is 2.77. The van der Waals surface area contributed by atoms with E-state index in [2.05, 4.69) is 16.0 Å². The second-order valence-corrected chi connectivity index (χ2v) is 4.78. The lowest BCUT2D eigenvalue weighted by Crippen LogP contribution is -2.44. The molecule has 9 nitrogen and oxygen atoms in total. The lowest BCUT2D eigenvalue weighted by Gasteiger charge is -2.10. The molecule has 0 aliphatic heterocycles. The van der Waals surface area contributed by atoms with Gasteiger partial charge >= 0.3 is 12.1 Å². The molecule has 24 heavy (non-hydrogen) atoms. The molecule has 0 bridgehead atoms. The van der Waals surface area contributed by atoms with E-state index in [-0.39, 0.29) is 19.5 Å². The standard InChI is InChI=1S/C15H19N3O6/c1-10(14(21)22)18-13(20)9-17-12(19)7-8-16-15(23)24-11-5-3-2-4-6-11/h2-6,10H,7-9H2,1H3,(H,16,23)(H,17,19)(H,18,20)(H,21,22)/t10-/m1/s1. The van der Waals surface area contributed by atoms with E-state index in [9.17, 15) is 19.2 Å². The van der Waals surface area contributed by atoms with Crippen molar-refractivity contribution in [1.29, 1.82) is 0 Å². The number of aliphatic carboxylic acids is 1. The van der Waals surface area contributed by atoms with E-state index < -0.39 is 29.9 Å². The Bertz CT molecular complexity index is 590. The number of carbonyl (C=O) groups is 4. The smallest absolute Gasteiger partial charge is 0.412 e. The zero-order chi connectivity index (χ0) is 17.9. The topological polar surface area (TPSA) is 134 Å². The predicted octanol–water partition coefficient (Wildman–Crippen LogP) is -0.129. The summed E-state index contributed by atoms with van der Waals surface area (Å²) in [4.78, 5) is 44.9. The van der Waals surface area contributed by atoms with Crippen LogP contribution in [0.5, 0.6) is 5.75 Å². The number of hydrogen-bond donors (Lipinski definition) is 4. The maximum atomic E-state index is 11.5. The minimum absolute atomic E-state index is 0.0324. The van der Waals surface area contributed by atoms with Gasteiger partial charge in [-0.2, -0.15) is 0 Å². The number of carboxylic acids is 1. The van der Waals surface area contributed by atoms with Gasteiger partial charge in [0.05, 0.1) is 6.54 Å². The van der Waals surface area contributed by atoms with Crippen LogP contribution in [0.15, 0.2) is 30.3 Å². The molecule has 9 heteroatoms. The van der Waals surface area contributed by atoms with Crippen molar-refractivity contribution in [2.75, 3.05) is 13.1 Å². The Labute approximate surface area is 138 Å². The molecule has 0 aliphatic rings. The molecule has 1 aromatic rings. The van der Waals surface area contributed by atoms with Gasteiger partial charge in [0.25, 0.3) is 0 Å². The van der Waals surface area contributed by atoms with Crippen molar-refractivity contribution in [2.45, 2.75) is 19.4 Å². The van der Waals surface area contributed by atoms with Crippen molar-refractivity contribution in [3.05, 3.63) is 30.3 Å². The highest BCUT2D eigenvalue weighted by Crippen LogP contribution is 2.07. The summed E-state index contributed by atoms with van der Waals surface area (Å²) in [5.74, 6) is -1.87. The number of benzene rings is 1. The van der Waals surface area contributed by atoms with Gasteiger partial charge in [-0.1, -0.05) is 18.2 Å². The van der Waals surface area contributed by atoms with Gasteiger partial charge in [-0.05, 0) is 19.1 Å². The molecule has 3 amide bonds. The normalized spacial score (nSPS) is 11.0. The van der Waals surface area contributed by atoms with Crippen molar-refractivity contribution in [3.8, 4) is 5.75 Å². The fraction of sp³-hybridized carbons (Fsp3) is 0.333. The first-order chi connectivity index (χ1) is 11.4. The minimum Gasteiger partial charge on any atom is -0.480 e. The number of ether oxygens (including phenoxy) is 1. The van der Waals surface area contributed by atoms with Crippen LogP contribution in [0.1, 0.15) is 13.3 Å². The largest absolute Gasteiger partial charge is 0.480 e. The molecule has 0 aromatic heterocycles. The van der Waals surface area contributed by atoms with E-state index in [0.717, 1.165) is 0 Å². The second-order valence-electron chi connectivity index (χ2n) is 4.78. The number of carbonyl (C=O) groups excluding carboxylic acids is 3. The highest BCUT2D eigenvalue weighted by Gasteiger charge is 2.14. The van der Waals surface area contributed by atoms with Gasteiger partial charge in [0, 0.05) is 13.0 Å². The highest BCUT2D eigenvalue weighted by atomic mass is 16.6. The first-order valence-electron chi connectivity index (χ1n) is 7.18. The van der Waals surface area contributed by atoms with Crippen LogP contribution in [0.2, 0.25) is 0 Å². The Balaban J connectivity index is 2.16. The van der Waals surface area contributed by atoms with Crippen molar-refractivity contribution in [1.82, 2.24) is 16.0 Å². The number of hydrogen-bond acceptors (Lipinski definition) is 5. The van der Waals surface area contributed by atoms with E-state index in [1.54, 1.807) is 30.3 Å². The molecule has 0 radical (unpaired) electrons. The first-order valence-corrected chi connectivity index (χ1v) is 7.18. The predicted molar refractivity (Wildman–Crippen MR) is 83.3 cm³/mol. The van der Waals surface area contributed by atoms with Crippen LogP contribution < -0.4 is 20.7 Å². The van der Waals surface area contributed by atoms with Gasteiger partial charge in [-0.15, -0.1) is 0 Å². The number of rotatable bonds is 8. The lowest BCUT2D eigenvalue weighted by molar-refractivity contribution is -0.141. The summed E-state index contributed by atoms with van der Waals surface area (Å²) in [6.07, 6.45) is -0.743. The van der Waals surface area contributed by atoms with Crippen LogP contribution >= 0.6 is 0 Å².